The molecule has 0 radical (unpaired) electrons. The lowest BCUT2D eigenvalue weighted by Gasteiger charge is -2.09. The van der Waals surface area contributed by atoms with E-state index in [1.54, 1.807) is 0 Å². The molecule has 0 bridgehead atoms. The first-order valence-corrected chi connectivity index (χ1v) is 7.51. The van der Waals surface area contributed by atoms with E-state index in [9.17, 15) is 0 Å². The Balaban J connectivity index is 2.00. The van der Waals surface area contributed by atoms with Crippen LogP contribution in [-0.4, -0.2) is 16.3 Å². The molecule has 0 fully saturated rings. The normalized spacial score (nSPS) is 11.1. The third-order valence-electron chi connectivity index (χ3n) is 3.32. The number of benzene rings is 2. The standard InChI is InChI=1S/C16H16BrN3/c1-2-18-10-12-7-8-14(9-15(12)17)20-16-6-4-3-5-13(16)11-19-20/h3-9,11,18H,2,10H2,1H3. The van der Waals surface area contributed by atoms with Crippen LogP contribution in [0.2, 0.25) is 0 Å². The van der Waals surface area contributed by atoms with Crippen molar-refractivity contribution in [3.63, 3.8) is 0 Å². The van der Waals surface area contributed by atoms with Crippen molar-refractivity contribution in [3.8, 4) is 5.69 Å². The summed E-state index contributed by atoms with van der Waals surface area (Å²) >= 11 is 3.65. The highest BCUT2D eigenvalue weighted by molar-refractivity contribution is 9.10. The number of nitrogens with zero attached hydrogens (tertiary/aromatic N) is 2. The van der Waals surface area contributed by atoms with Crippen molar-refractivity contribution in [2.24, 2.45) is 0 Å². The van der Waals surface area contributed by atoms with Crippen LogP contribution in [0, 0.1) is 0 Å². The van der Waals surface area contributed by atoms with Gasteiger partial charge in [0, 0.05) is 16.4 Å². The highest BCUT2D eigenvalue weighted by Crippen LogP contribution is 2.23. The maximum absolute atomic E-state index is 4.48. The van der Waals surface area contributed by atoms with Crippen LogP contribution in [-0.2, 0) is 6.54 Å². The summed E-state index contributed by atoms with van der Waals surface area (Å²) in [6.07, 6.45) is 1.90. The van der Waals surface area contributed by atoms with Crippen molar-refractivity contribution < 1.29 is 0 Å². The Morgan fingerprint density at radius 2 is 2.05 bits per heavy atom. The van der Waals surface area contributed by atoms with Gasteiger partial charge >= 0.3 is 0 Å². The van der Waals surface area contributed by atoms with Crippen LogP contribution in [0.1, 0.15) is 12.5 Å². The van der Waals surface area contributed by atoms with E-state index in [-0.39, 0.29) is 0 Å². The molecule has 0 aliphatic rings. The van der Waals surface area contributed by atoms with Gasteiger partial charge in [0.05, 0.1) is 17.4 Å². The Kier molecular flexibility index (Phi) is 3.85. The molecule has 0 aliphatic carbocycles. The Labute approximate surface area is 126 Å². The molecule has 3 nitrogen and oxygen atoms in total. The van der Waals surface area contributed by atoms with E-state index in [2.05, 4.69) is 63.6 Å². The third kappa shape index (κ3) is 2.49. The molecule has 0 unspecified atom stereocenters. The predicted octanol–water partition coefficient (Wildman–Crippen LogP) is 3.90. The van der Waals surface area contributed by atoms with Crippen LogP contribution in [0.5, 0.6) is 0 Å². The first-order valence-electron chi connectivity index (χ1n) is 6.72. The number of hydrogen-bond donors (Lipinski definition) is 1. The van der Waals surface area contributed by atoms with Gasteiger partial charge in [0.2, 0.25) is 0 Å². The third-order valence-corrected chi connectivity index (χ3v) is 4.06. The van der Waals surface area contributed by atoms with Gasteiger partial charge in [0.15, 0.2) is 0 Å². The number of para-hydroxylation sites is 1. The highest BCUT2D eigenvalue weighted by atomic mass is 79.9. The molecule has 1 N–H and O–H groups in total. The predicted molar refractivity (Wildman–Crippen MR) is 86.2 cm³/mol. The van der Waals surface area contributed by atoms with Gasteiger partial charge in [-0.15, -0.1) is 0 Å². The Bertz CT molecular complexity index is 733. The largest absolute Gasteiger partial charge is 0.313 e. The summed E-state index contributed by atoms with van der Waals surface area (Å²) in [4.78, 5) is 0. The van der Waals surface area contributed by atoms with Crippen LogP contribution >= 0.6 is 15.9 Å². The lowest BCUT2D eigenvalue weighted by molar-refractivity contribution is 0.724. The average molecular weight is 330 g/mol. The Hall–Kier alpha value is -1.65. The zero-order valence-corrected chi connectivity index (χ0v) is 12.9. The number of halogens is 1. The van der Waals surface area contributed by atoms with E-state index < -0.39 is 0 Å². The van der Waals surface area contributed by atoms with Gasteiger partial charge in [-0.05, 0) is 30.3 Å². The topological polar surface area (TPSA) is 29.9 Å². The van der Waals surface area contributed by atoms with E-state index in [0.29, 0.717) is 0 Å². The van der Waals surface area contributed by atoms with Gasteiger partial charge in [0.25, 0.3) is 0 Å². The second kappa shape index (κ2) is 5.77. The summed E-state index contributed by atoms with van der Waals surface area (Å²) in [6.45, 7) is 3.95. The fraction of sp³-hybridized carbons (Fsp3) is 0.188. The maximum atomic E-state index is 4.48. The SMILES string of the molecule is CCNCc1ccc(-n2ncc3ccccc32)cc1Br. The smallest absolute Gasteiger partial charge is 0.0741 e. The number of hydrogen-bond acceptors (Lipinski definition) is 2. The lowest BCUT2D eigenvalue weighted by atomic mass is 10.2. The van der Waals surface area contributed by atoms with Gasteiger partial charge in [-0.2, -0.15) is 5.10 Å². The van der Waals surface area contributed by atoms with Crippen LogP contribution in [0.25, 0.3) is 16.6 Å². The maximum Gasteiger partial charge on any atom is 0.0741 e. The zero-order chi connectivity index (χ0) is 13.9. The van der Waals surface area contributed by atoms with E-state index in [4.69, 9.17) is 0 Å². The van der Waals surface area contributed by atoms with E-state index in [0.717, 1.165) is 34.2 Å². The summed E-state index contributed by atoms with van der Waals surface area (Å²) < 4.78 is 3.08. The lowest BCUT2D eigenvalue weighted by Crippen LogP contribution is -2.12. The Morgan fingerprint density at radius 3 is 2.85 bits per heavy atom. The Morgan fingerprint density at radius 1 is 1.20 bits per heavy atom. The molecule has 0 saturated carbocycles. The first kappa shape index (κ1) is 13.3. The molecular weight excluding hydrogens is 314 g/mol. The molecule has 0 atom stereocenters. The minimum Gasteiger partial charge on any atom is -0.313 e. The van der Waals surface area contributed by atoms with E-state index in [1.165, 1.54) is 5.56 Å². The molecule has 20 heavy (non-hydrogen) atoms. The molecule has 4 heteroatoms. The average Bonchev–Trinajstić information content (AvgIpc) is 2.90. The van der Waals surface area contributed by atoms with E-state index >= 15 is 0 Å². The number of aromatic nitrogens is 2. The van der Waals surface area contributed by atoms with Gasteiger partial charge < -0.3 is 5.32 Å². The second-order valence-corrected chi connectivity index (χ2v) is 5.53. The van der Waals surface area contributed by atoms with Gasteiger partial charge in [-0.25, -0.2) is 4.68 Å². The van der Waals surface area contributed by atoms with Crippen molar-refractivity contribution in [2.75, 3.05) is 6.54 Å². The summed E-state index contributed by atoms with van der Waals surface area (Å²) in [6, 6.07) is 14.6. The van der Waals surface area contributed by atoms with Crippen LogP contribution < -0.4 is 5.32 Å². The van der Waals surface area contributed by atoms with Gasteiger partial charge in [-0.1, -0.05) is 47.1 Å². The molecule has 102 valence electrons. The number of rotatable bonds is 4. The molecular formula is C16H16BrN3. The summed E-state index contributed by atoms with van der Waals surface area (Å²) in [5.74, 6) is 0. The second-order valence-electron chi connectivity index (χ2n) is 4.67. The van der Waals surface area contributed by atoms with Gasteiger partial charge in [0.1, 0.15) is 0 Å². The molecule has 0 aliphatic heterocycles. The monoisotopic (exact) mass is 329 g/mol. The summed E-state index contributed by atoms with van der Waals surface area (Å²) in [5, 5.41) is 8.97. The number of fused-ring (bicyclic) bond motifs is 1. The minimum absolute atomic E-state index is 0.872. The fourth-order valence-electron chi connectivity index (χ4n) is 2.25. The molecule has 0 saturated heterocycles. The molecule has 1 heterocycles. The molecule has 0 spiro atoms. The van der Waals surface area contributed by atoms with Crippen molar-refractivity contribution in [1.29, 1.82) is 0 Å². The molecule has 3 aromatic rings. The molecule has 3 rings (SSSR count). The molecule has 0 amide bonds. The van der Waals surface area contributed by atoms with Crippen molar-refractivity contribution in [3.05, 3.63) is 58.7 Å². The first-order chi connectivity index (χ1) is 9.79. The quantitative estimate of drug-likeness (QED) is 0.786. The van der Waals surface area contributed by atoms with Crippen molar-refractivity contribution in [2.45, 2.75) is 13.5 Å². The minimum atomic E-state index is 0.872. The summed E-state index contributed by atoms with van der Waals surface area (Å²) in [7, 11) is 0. The summed E-state index contributed by atoms with van der Waals surface area (Å²) in [5.41, 5.74) is 3.45. The number of nitrogens with one attached hydrogen (secondary N) is 1. The van der Waals surface area contributed by atoms with Crippen molar-refractivity contribution in [1.82, 2.24) is 15.1 Å². The van der Waals surface area contributed by atoms with E-state index in [1.807, 2.05) is 23.0 Å². The van der Waals surface area contributed by atoms with Crippen LogP contribution in [0.15, 0.2) is 53.1 Å². The van der Waals surface area contributed by atoms with Crippen LogP contribution in [0.3, 0.4) is 0 Å². The van der Waals surface area contributed by atoms with Crippen molar-refractivity contribution >= 4 is 26.8 Å². The van der Waals surface area contributed by atoms with Gasteiger partial charge in [-0.3, -0.25) is 0 Å². The fourth-order valence-corrected chi connectivity index (χ4v) is 2.76. The molecule has 2 aromatic carbocycles. The molecule has 1 aromatic heterocycles. The van der Waals surface area contributed by atoms with Crippen LogP contribution in [0.4, 0.5) is 0 Å². The zero-order valence-electron chi connectivity index (χ0n) is 11.3. The highest BCUT2D eigenvalue weighted by Gasteiger charge is 2.06.